The average Bonchev–Trinajstić information content (AvgIpc) is 3.13. The van der Waals surface area contributed by atoms with E-state index >= 15 is 0 Å². The monoisotopic (exact) mass is 636 g/mol. The molecule has 5 rings (SSSR count). The zero-order valence-corrected chi connectivity index (χ0v) is 26.7. The lowest BCUT2D eigenvalue weighted by Crippen LogP contribution is -2.57. The van der Waals surface area contributed by atoms with Gasteiger partial charge in [-0.1, -0.05) is 134 Å². The van der Waals surface area contributed by atoms with Gasteiger partial charge in [-0.25, -0.2) is 0 Å². The van der Waals surface area contributed by atoms with E-state index in [1.54, 1.807) is 6.08 Å². The molecule has 7 nitrogen and oxygen atoms in total. The Labute approximate surface area is 278 Å². The van der Waals surface area contributed by atoms with Gasteiger partial charge in [-0.3, -0.25) is 0 Å². The smallest absolute Gasteiger partial charge is 0.186 e. The van der Waals surface area contributed by atoms with E-state index in [4.69, 9.17) is 33.2 Å². The first-order valence-electron chi connectivity index (χ1n) is 15.9. The summed E-state index contributed by atoms with van der Waals surface area (Å²) in [7, 11) is 0. The van der Waals surface area contributed by atoms with Crippen molar-refractivity contribution in [3.63, 3.8) is 0 Å². The standard InChI is InChI=1S/C40H44O7/c1-3-37(43-25-31(2)24-41-26-32-16-8-4-9-17-32)47-38-36(42-27-33-18-10-5-11-19-33)30-46-40(45-29-35-22-14-7-15-23-35)39(38)44-28-34-20-12-6-13-21-34/h3-23,36-40H,1-2,24-30H2/t36-,37-,38+,39-,40+/m1/s1. The Balaban J connectivity index is 1.28. The minimum absolute atomic E-state index is 0.230. The quantitative estimate of drug-likeness (QED) is 0.0784. The highest BCUT2D eigenvalue weighted by Crippen LogP contribution is 2.28. The van der Waals surface area contributed by atoms with Crippen molar-refractivity contribution in [3.8, 4) is 0 Å². The number of hydrogen-bond donors (Lipinski definition) is 0. The fraction of sp³-hybridized carbons (Fsp3) is 0.300. The van der Waals surface area contributed by atoms with Crippen LogP contribution in [0.4, 0.5) is 0 Å². The molecule has 0 bridgehead atoms. The van der Waals surface area contributed by atoms with Crippen molar-refractivity contribution in [1.29, 1.82) is 0 Å². The maximum atomic E-state index is 6.62. The molecule has 0 saturated carbocycles. The van der Waals surface area contributed by atoms with Gasteiger partial charge in [0.25, 0.3) is 0 Å². The van der Waals surface area contributed by atoms with E-state index in [0.717, 1.165) is 27.8 Å². The Morgan fingerprint density at radius 1 is 0.638 bits per heavy atom. The summed E-state index contributed by atoms with van der Waals surface area (Å²) in [6.07, 6.45) is -1.59. The molecule has 0 aliphatic carbocycles. The number of hydrogen-bond acceptors (Lipinski definition) is 7. The molecule has 4 aromatic rings. The molecule has 47 heavy (non-hydrogen) atoms. The molecular formula is C40H44O7. The molecule has 246 valence electrons. The van der Waals surface area contributed by atoms with E-state index in [-0.39, 0.29) is 13.2 Å². The second kappa shape index (κ2) is 19.0. The fourth-order valence-corrected chi connectivity index (χ4v) is 5.11. The minimum atomic E-state index is -0.774. The van der Waals surface area contributed by atoms with Crippen LogP contribution in [0.3, 0.4) is 0 Å². The van der Waals surface area contributed by atoms with Crippen LogP contribution in [-0.2, 0) is 59.6 Å². The largest absolute Gasteiger partial charge is 0.372 e. The Morgan fingerprint density at radius 2 is 1.13 bits per heavy atom. The van der Waals surface area contributed by atoms with Crippen molar-refractivity contribution in [3.05, 3.63) is 168 Å². The molecule has 1 aliphatic rings. The van der Waals surface area contributed by atoms with Gasteiger partial charge in [0.2, 0.25) is 0 Å². The molecule has 0 aromatic heterocycles. The van der Waals surface area contributed by atoms with Crippen molar-refractivity contribution in [2.45, 2.75) is 57.3 Å². The predicted molar refractivity (Wildman–Crippen MR) is 181 cm³/mol. The van der Waals surface area contributed by atoms with Crippen LogP contribution >= 0.6 is 0 Å². The van der Waals surface area contributed by atoms with Crippen LogP contribution in [-0.4, -0.2) is 50.7 Å². The molecule has 0 N–H and O–H groups in total. The van der Waals surface area contributed by atoms with E-state index in [1.165, 1.54) is 0 Å². The van der Waals surface area contributed by atoms with Crippen molar-refractivity contribution in [2.24, 2.45) is 0 Å². The second-order valence-corrected chi connectivity index (χ2v) is 11.3. The second-order valence-electron chi connectivity index (χ2n) is 11.3. The van der Waals surface area contributed by atoms with E-state index in [1.807, 2.05) is 121 Å². The predicted octanol–water partition coefficient (Wildman–Crippen LogP) is 7.42. The molecule has 0 spiro atoms. The molecule has 1 saturated heterocycles. The number of ether oxygens (including phenoxy) is 7. The zero-order valence-electron chi connectivity index (χ0n) is 26.7. The first kappa shape index (κ1) is 34.4. The molecule has 0 unspecified atom stereocenters. The zero-order chi connectivity index (χ0) is 32.5. The highest BCUT2D eigenvalue weighted by molar-refractivity contribution is 5.16. The van der Waals surface area contributed by atoms with Gasteiger partial charge in [0, 0.05) is 0 Å². The number of rotatable bonds is 19. The molecule has 0 radical (unpaired) electrons. The lowest BCUT2D eigenvalue weighted by Gasteiger charge is -2.42. The minimum Gasteiger partial charge on any atom is -0.372 e. The Hall–Kier alpha value is -3.92. The van der Waals surface area contributed by atoms with Gasteiger partial charge in [0.1, 0.15) is 18.3 Å². The summed E-state index contributed by atoms with van der Waals surface area (Å²) in [4.78, 5) is 0. The van der Waals surface area contributed by atoms with Crippen LogP contribution in [0.1, 0.15) is 22.3 Å². The maximum Gasteiger partial charge on any atom is 0.186 e. The summed E-state index contributed by atoms with van der Waals surface area (Å²) >= 11 is 0. The average molecular weight is 637 g/mol. The molecule has 1 heterocycles. The lowest BCUT2D eigenvalue weighted by molar-refractivity contribution is -0.317. The Bertz CT molecular complexity index is 1450. The van der Waals surface area contributed by atoms with E-state index in [9.17, 15) is 0 Å². The summed E-state index contributed by atoms with van der Waals surface area (Å²) < 4.78 is 44.2. The van der Waals surface area contributed by atoms with Gasteiger partial charge in [0.15, 0.2) is 12.6 Å². The van der Waals surface area contributed by atoms with Crippen molar-refractivity contribution in [2.75, 3.05) is 19.8 Å². The molecule has 0 amide bonds. The summed E-state index contributed by atoms with van der Waals surface area (Å²) in [6.45, 7) is 10.5. The van der Waals surface area contributed by atoms with Gasteiger partial charge >= 0.3 is 0 Å². The summed E-state index contributed by atoms with van der Waals surface area (Å²) in [5, 5.41) is 0. The highest BCUT2D eigenvalue weighted by Gasteiger charge is 2.45. The van der Waals surface area contributed by atoms with Crippen LogP contribution in [0, 0.1) is 0 Å². The van der Waals surface area contributed by atoms with Gasteiger partial charge in [-0.2, -0.15) is 0 Å². The fourth-order valence-electron chi connectivity index (χ4n) is 5.11. The Kier molecular flexibility index (Phi) is 13.9. The molecule has 7 heteroatoms. The van der Waals surface area contributed by atoms with Gasteiger partial charge in [0.05, 0.1) is 46.2 Å². The van der Waals surface area contributed by atoms with Crippen molar-refractivity contribution in [1.82, 2.24) is 0 Å². The third-order valence-electron chi connectivity index (χ3n) is 7.59. The van der Waals surface area contributed by atoms with Crippen LogP contribution in [0.2, 0.25) is 0 Å². The van der Waals surface area contributed by atoms with E-state index in [2.05, 4.69) is 13.2 Å². The molecular weight excluding hydrogens is 592 g/mol. The molecule has 1 aliphatic heterocycles. The van der Waals surface area contributed by atoms with Crippen LogP contribution in [0.5, 0.6) is 0 Å². The van der Waals surface area contributed by atoms with E-state index < -0.39 is 30.9 Å². The van der Waals surface area contributed by atoms with Crippen LogP contribution in [0.15, 0.2) is 146 Å². The normalized spacial score (nSPS) is 20.0. The van der Waals surface area contributed by atoms with Crippen molar-refractivity contribution >= 4 is 0 Å². The topological polar surface area (TPSA) is 64.6 Å². The Morgan fingerprint density at radius 3 is 1.66 bits per heavy atom. The lowest BCUT2D eigenvalue weighted by atomic mass is 10.0. The molecule has 5 atom stereocenters. The van der Waals surface area contributed by atoms with E-state index in [0.29, 0.717) is 33.0 Å². The summed E-state index contributed by atoms with van der Waals surface area (Å²) in [6, 6.07) is 40.0. The van der Waals surface area contributed by atoms with Gasteiger partial charge in [-0.05, 0) is 33.9 Å². The van der Waals surface area contributed by atoms with Gasteiger partial charge in [-0.15, -0.1) is 0 Å². The third kappa shape index (κ3) is 11.4. The molecule has 1 fully saturated rings. The highest BCUT2D eigenvalue weighted by atomic mass is 16.7. The first-order chi connectivity index (χ1) is 23.2. The van der Waals surface area contributed by atoms with Crippen LogP contribution in [0.25, 0.3) is 0 Å². The number of benzene rings is 4. The maximum absolute atomic E-state index is 6.62. The summed E-state index contributed by atoms with van der Waals surface area (Å²) in [5.41, 5.74) is 4.96. The molecule has 4 aromatic carbocycles. The third-order valence-corrected chi connectivity index (χ3v) is 7.59. The van der Waals surface area contributed by atoms with Crippen LogP contribution < -0.4 is 0 Å². The summed E-state index contributed by atoms with van der Waals surface area (Å²) in [5.74, 6) is 0. The first-order valence-corrected chi connectivity index (χ1v) is 15.9. The van der Waals surface area contributed by atoms with Gasteiger partial charge < -0.3 is 33.2 Å². The SMILES string of the molecule is C=C[C@H](OCC(=C)COCc1ccccc1)O[C@@H]1[C@@H](OCc2ccccc2)[C@@H](OCc2ccccc2)OC[C@H]1OCc1ccccc1. The van der Waals surface area contributed by atoms with Crippen molar-refractivity contribution < 1.29 is 33.2 Å².